The number of carbonyl (C=O) groups is 2. The van der Waals surface area contributed by atoms with Crippen LogP contribution in [0.15, 0.2) is 47.8 Å². The molecule has 2 heterocycles. The Morgan fingerprint density at radius 2 is 1.86 bits per heavy atom. The quantitative estimate of drug-likeness (QED) is 0.590. The van der Waals surface area contributed by atoms with E-state index in [1.54, 1.807) is 29.6 Å². The summed E-state index contributed by atoms with van der Waals surface area (Å²) in [6.45, 7) is 2.13. The van der Waals surface area contributed by atoms with Gasteiger partial charge in [-0.25, -0.2) is 9.78 Å². The standard InChI is InChI=1S/C20H18N4O4S/c1-12-3-2-4-13(7-12)22-19(26)24-20-23-15(10-29-20)9-18(25)21-14-5-6-16-17(8-14)28-11-27-16/h2-8,10H,9,11H2,1H3,(H,21,25)(H2,22,23,24,26). The highest BCUT2D eigenvalue weighted by molar-refractivity contribution is 7.14. The Balaban J connectivity index is 1.30. The van der Waals surface area contributed by atoms with Gasteiger partial charge in [-0.3, -0.25) is 10.1 Å². The third-order valence-electron chi connectivity index (χ3n) is 4.05. The molecule has 0 unspecified atom stereocenters. The van der Waals surface area contributed by atoms with Crippen LogP contribution in [0.4, 0.5) is 21.3 Å². The molecular formula is C20H18N4O4S. The van der Waals surface area contributed by atoms with Gasteiger partial charge in [0.05, 0.1) is 12.1 Å². The van der Waals surface area contributed by atoms with Gasteiger partial charge in [-0.05, 0) is 36.8 Å². The van der Waals surface area contributed by atoms with Gasteiger partial charge in [0.2, 0.25) is 12.7 Å². The van der Waals surface area contributed by atoms with E-state index in [1.807, 2.05) is 25.1 Å². The fraction of sp³-hybridized carbons (Fsp3) is 0.150. The largest absolute Gasteiger partial charge is 0.454 e. The van der Waals surface area contributed by atoms with Gasteiger partial charge in [0.1, 0.15) is 0 Å². The Morgan fingerprint density at radius 3 is 2.72 bits per heavy atom. The maximum atomic E-state index is 12.3. The van der Waals surface area contributed by atoms with E-state index in [-0.39, 0.29) is 25.2 Å². The van der Waals surface area contributed by atoms with E-state index >= 15 is 0 Å². The van der Waals surface area contributed by atoms with Gasteiger partial charge in [0, 0.05) is 22.8 Å². The van der Waals surface area contributed by atoms with Crippen LogP contribution in [0.3, 0.4) is 0 Å². The molecule has 3 N–H and O–H groups in total. The molecule has 3 amide bonds. The van der Waals surface area contributed by atoms with Crippen molar-refractivity contribution >= 4 is 39.8 Å². The number of amides is 3. The zero-order valence-electron chi connectivity index (χ0n) is 15.5. The number of hydrogen-bond acceptors (Lipinski definition) is 6. The first-order valence-electron chi connectivity index (χ1n) is 8.84. The number of ether oxygens (including phenoxy) is 2. The minimum Gasteiger partial charge on any atom is -0.454 e. The molecule has 2 aromatic carbocycles. The molecule has 0 aliphatic carbocycles. The second kappa shape index (κ2) is 8.19. The minimum atomic E-state index is -0.388. The lowest BCUT2D eigenvalue weighted by molar-refractivity contribution is -0.115. The molecule has 1 aliphatic heterocycles. The molecule has 1 aliphatic rings. The van der Waals surface area contributed by atoms with Crippen molar-refractivity contribution in [1.82, 2.24) is 4.98 Å². The Hall–Kier alpha value is -3.59. The number of hydrogen-bond donors (Lipinski definition) is 3. The minimum absolute atomic E-state index is 0.0894. The third-order valence-corrected chi connectivity index (χ3v) is 4.85. The molecule has 0 atom stereocenters. The molecule has 3 aromatic rings. The average molecular weight is 410 g/mol. The maximum absolute atomic E-state index is 12.3. The van der Waals surface area contributed by atoms with Crippen LogP contribution in [-0.4, -0.2) is 23.7 Å². The topological polar surface area (TPSA) is 102 Å². The van der Waals surface area contributed by atoms with Crippen molar-refractivity contribution in [3.63, 3.8) is 0 Å². The molecule has 0 saturated heterocycles. The summed E-state index contributed by atoms with van der Waals surface area (Å²) in [6, 6.07) is 12.3. The van der Waals surface area contributed by atoms with E-state index in [4.69, 9.17) is 9.47 Å². The lowest BCUT2D eigenvalue weighted by atomic mass is 10.2. The fourth-order valence-corrected chi connectivity index (χ4v) is 3.48. The molecule has 4 rings (SSSR count). The number of anilines is 3. The summed E-state index contributed by atoms with van der Waals surface area (Å²) >= 11 is 1.26. The summed E-state index contributed by atoms with van der Waals surface area (Å²) in [5.74, 6) is 1.04. The summed E-state index contributed by atoms with van der Waals surface area (Å²) in [5, 5.41) is 10.4. The number of nitrogens with zero attached hydrogens (tertiary/aromatic N) is 1. The highest BCUT2D eigenvalue weighted by Gasteiger charge is 2.15. The lowest BCUT2D eigenvalue weighted by Crippen LogP contribution is -2.19. The molecule has 8 nitrogen and oxygen atoms in total. The smallest absolute Gasteiger partial charge is 0.325 e. The molecule has 29 heavy (non-hydrogen) atoms. The predicted octanol–water partition coefficient (Wildman–Crippen LogP) is 4.01. The zero-order chi connectivity index (χ0) is 20.2. The average Bonchev–Trinajstić information content (AvgIpc) is 3.30. The summed E-state index contributed by atoms with van der Waals surface area (Å²) in [5.41, 5.74) is 2.93. The van der Waals surface area contributed by atoms with Crippen LogP contribution in [0.25, 0.3) is 0 Å². The first kappa shape index (κ1) is 18.8. The van der Waals surface area contributed by atoms with Crippen molar-refractivity contribution in [2.75, 3.05) is 22.7 Å². The molecule has 9 heteroatoms. The van der Waals surface area contributed by atoms with E-state index in [2.05, 4.69) is 20.9 Å². The number of aryl methyl sites for hydroxylation is 1. The van der Waals surface area contributed by atoms with Gasteiger partial charge in [0.25, 0.3) is 0 Å². The van der Waals surface area contributed by atoms with E-state index in [0.717, 1.165) is 5.56 Å². The third kappa shape index (κ3) is 4.82. The molecule has 0 fully saturated rings. The van der Waals surface area contributed by atoms with Crippen LogP contribution >= 0.6 is 11.3 Å². The van der Waals surface area contributed by atoms with E-state index in [1.165, 1.54) is 11.3 Å². The van der Waals surface area contributed by atoms with E-state index < -0.39 is 0 Å². The molecule has 0 spiro atoms. The molecule has 0 saturated carbocycles. The summed E-state index contributed by atoms with van der Waals surface area (Å²) < 4.78 is 10.5. The van der Waals surface area contributed by atoms with E-state index in [0.29, 0.717) is 33.7 Å². The number of carbonyl (C=O) groups excluding carboxylic acids is 2. The van der Waals surface area contributed by atoms with Gasteiger partial charge in [-0.1, -0.05) is 12.1 Å². The van der Waals surface area contributed by atoms with Gasteiger partial charge in [0.15, 0.2) is 16.6 Å². The Morgan fingerprint density at radius 1 is 1.03 bits per heavy atom. The van der Waals surface area contributed by atoms with Gasteiger partial charge < -0.3 is 20.1 Å². The zero-order valence-corrected chi connectivity index (χ0v) is 16.3. The summed E-state index contributed by atoms with van der Waals surface area (Å²) in [7, 11) is 0. The Bertz CT molecular complexity index is 1070. The summed E-state index contributed by atoms with van der Waals surface area (Å²) in [6.07, 6.45) is 0.0894. The van der Waals surface area contributed by atoms with Crippen molar-refractivity contribution < 1.29 is 19.1 Å². The van der Waals surface area contributed by atoms with Gasteiger partial charge in [-0.2, -0.15) is 0 Å². The van der Waals surface area contributed by atoms with Crippen LogP contribution < -0.4 is 25.4 Å². The number of rotatable bonds is 5. The number of aromatic nitrogens is 1. The van der Waals surface area contributed by atoms with Crippen LogP contribution in [0.1, 0.15) is 11.3 Å². The van der Waals surface area contributed by atoms with Crippen molar-refractivity contribution in [3.05, 3.63) is 59.1 Å². The van der Waals surface area contributed by atoms with Crippen molar-refractivity contribution in [1.29, 1.82) is 0 Å². The lowest BCUT2D eigenvalue weighted by Gasteiger charge is -2.06. The first-order valence-corrected chi connectivity index (χ1v) is 9.72. The van der Waals surface area contributed by atoms with Crippen LogP contribution in [0.5, 0.6) is 11.5 Å². The number of benzene rings is 2. The van der Waals surface area contributed by atoms with Crippen molar-refractivity contribution in [3.8, 4) is 11.5 Å². The second-order valence-electron chi connectivity index (χ2n) is 6.39. The fourth-order valence-electron chi connectivity index (χ4n) is 2.77. The number of fused-ring (bicyclic) bond motifs is 1. The number of thiazole rings is 1. The predicted molar refractivity (Wildman–Crippen MR) is 111 cm³/mol. The number of nitrogens with one attached hydrogen (secondary N) is 3. The van der Waals surface area contributed by atoms with Crippen LogP contribution in [-0.2, 0) is 11.2 Å². The molecular weight excluding hydrogens is 392 g/mol. The Labute approximate surface area is 170 Å². The summed E-state index contributed by atoms with van der Waals surface area (Å²) in [4.78, 5) is 28.7. The number of urea groups is 1. The highest BCUT2D eigenvalue weighted by Crippen LogP contribution is 2.34. The van der Waals surface area contributed by atoms with Crippen LogP contribution in [0, 0.1) is 6.92 Å². The monoisotopic (exact) mass is 410 g/mol. The maximum Gasteiger partial charge on any atom is 0.325 e. The van der Waals surface area contributed by atoms with Crippen LogP contribution in [0.2, 0.25) is 0 Å². The molecule has 148 valence electrons. The van der Waals surface area contributed by atoms with E-state index in [9.17, 15) is 9.59 Å². The van der Waals surface area contributed by atoms with Gasteiger partial charge >= 0.3 is 6.03 Å². The SMILES string of the molecule is Cc1cccc(NC(=O)Nc2nc(CC(=O)Nc3ccc4c(c3)OCO4)cs2)c1. The highest BCUT2D eigenvalue weighted by atomic mass is 32.1. The van der Waals surface area contributed by atoms with Crippen molar-refractivity contribution in [2.45, 2.75) is 13.3 Å². The normalized spacial score (nSPS) is 11.8. The molecule has 0 radical (unpaired) electrons. The molecule has 1 aromatic heterocycles. The van der Waals surface area contributed by atoms with Crippen molar-refractivity contribution in [2.24, 2.45) is 0 Å². The molecule has 0 bridgehead atoms. The second-order valence-corrected chi connectivity index (χ2v) is 7.24. The van der Waals surface area contributed by atoms with Gasteiger partial charge in [-0.15, -0.1) is 11.3 Å². The Kier molecular flexibility index (Phi) is 5.30. The first-order chi connectivity index (χ1) is 14.0.